The fourth-order valence-electron chi connectivity index (χ4n) is 2.74. The van der Waals surface area contributed by atoms with Gasteiger partial charge in [-0.2, -0.15) is 0 Å². The second-order valence-corrected chi connectivity index (χ2v) is 5.19. The Labute approximate surface area is 128 Å². The van der Waals surface area contributed by atoms with Crippen molar-refractivity contribution in [3.63, 3.8) is 0 Å². The standard InChI is InChI=1S/C15H17N3O2.ClH/c1-17-13-7-8-18(9-11-5-3-2-4-6-11)10-12(13)14(19)16-15(17)20;/h2-6H,7-10H2,1H3,(H,16,19,20);1H. The van der Waals surface area contributed by atoms with E-state index in [9.17, 15) is 9.59 Å². The van der Waals surface area contributed by atoms with Crippen LogP contribution < -0.4 is 11.2 Å². The molecule has 1 aliphatic heterocycles. The zero-order chi connectivity index (χ0) is 14.1. The zero-order valence-electron chi connectivity index (χ0n) is 11.8. The lowest BCUT2D eigenvalue weighted by molar-refractivity contribution is 0.238. The van der Waals surface area contributed by atoms with Gasteiger partial charge in [-0.1, -0.05) is 30.3 Å². The van der Waals surface area contributed by atoms with Crippen molar-refractivity contribution in [2.75, 3.05) is 6.54 Å². The average Bonchev–Trinajstić information content (AvgIpc) is 2.46. The van der Waals surface area contributed by atoms with Gasteiger partial charge in [0.05, 0.1) is 5.56 Å². The van der Waals surface area contributed by atoms with E-state index in [1.165, 1.54) is 5.56 Å². The predicted octanol–water partition coefficient (Wildman–Crippen LogP) is 1.05. The van der Waals surface area contributed by atoms with Crippen LogP contribution in [-0.4, -0.2) is 21.0 Å². The molecule has 112 valence electrons. The maximum Gasteiger partial charge on any atom is 0.328 e. The first-order chi connectivity index (χ1) is 9.65. The molecule has 6 heteroatoms. The molecule has 1 aromatic carbocycles. The summed E-state index contributed by atoms with van der Waals surface area (Å²) in [6.45, 7) is 2.27. The summed E-state index contributed by atoms with van der Waals surface area (Å²) in [5.41, 5.74) is 2.24. The van der Waals surface area contributed by atoms with Crippen LogP contribution >= 0.6 is 12.4 Å². The second-order valence-electron chi connectivity index (χ2n) is 5.19. The summed E-state index contributed by atoms with van der Waals surface area (Å²) >= 11 is 0. The second kappa shape index (κ2) is 6.28. The van der Waals surface area contributed by atoms with Crippen molar-refractivity contribution in [2.45, 2.75) is 19.5 Å². The molecule has 0 bridgehead atoms. The van der Waals surface area contributed by atoms with Crippen LogP contribution in [0.25, 0.3) is 0 Å². The summed E-state index contributed by atoms with van der Waals surface area (Å²) in [6.07, 6.45) is 0.734. The van der Waals surface area contributed by atoms with E-state index in [1.807, 2.05) is 18.2 Å². The van der Waals surface area contributed by atoms with Gasteiger partial charge in [-0.25, -0.2) is 4.79 Å². The van der Waals surface area contributed by atoms with Gasteiger partial charge in [-0.3, -0.25) is 14.7 Å². The minimum atomic E-state index is -0.328. The molecule has 0 radical (unpaired) electrons. The van der Waals surface area contributed by atoms with Crippen molar-refractivity contribution >= 4 is 12.4 Å². The molecular formula is C15H18ClN3O2. The minimum absolute atomic E-state index is 0. The highest BCUT2D eigenvalue weighted by Crippen LogP contribution is 2.16. The third-order valence-electron chi connectivity index (χ3n) is 3.85. The van der Waals surface area contributed by atoms with Gasteiger partial charge < -0.3 is 4.57 Å². The van der Waals surface area contributed by atoms with Crippen LogP contribution in [0.15, 0.2) is 39.9 Å². The summed E-state index contributed by atoms with van der Waals surface area (Å²) in [4.78, 5) is 28.1. The average molecular weight is 308 g/mol. The molecule has 0 saturated heterocycles. The van der Waals surface area contributed by atoms with E-state index in [0.29, 0.717) is 12.1 Å². The highest BCUT2D eigenvalue weighted by molar-refractivity contribution is 5.85. The van der Waals surface area contributed by atoms with Gasteiger partial charge in [0.15, 0.2) is 0 Å². The first-order valence-electron chi connectivity index (χ1n) is 6.72. The summed E-state index contributed by atoms with van der Waals surface area (Å²) in [7, 11) is 1.71. The summed E-state index contributed by atoms with van der Waals surface area (Å²) in [5, 5.41) is 0. The molecule has 2 heterocycles. The van der Waals surface area contributed by atoms with Gasteiger partial charge in [0, 0.05) is 38.8 Å². The normalized spacial score (nSPS) is 14.3. The minimum Gasteiger partial charge on any atom is -0.300 e. The molecule has 1 aliphatic rings. The molecule has 21 heavy (non-hydrogen) atoms. The molecule has 0 atom stereocenters. The van der Waals surface area contributed by atoms with Crippen LogP contribution in [0.5, 0.6) is 0 Å². The Morgan fingerprint density at radius 1 is 1.19 bits per heavy atom. The van der Waals surface area contributed by atoms with Gasteiger partial charge in [0.1, 0.15) is 0 Å². The van der Waals surface area contributed by atoms with E-state index in [2.05, 4.69) is 22.0 Å². The number of benzene rings is 1. The van der Waals surface area contributed by atoms with Gasteiger partial charge >= 0.3 is 5.69 Å². The molecule has 1 aromatic heterocycles. The molecule has 0 spiro atoms. The molecular weight excluding hydrogens is 290 g/mol. The highest BCUT2D eigenvalue weighted by Gasteiger charge is 2.21. The Hall–Kier alpha value is -1.85. The quantitative estimate of drug-likeness (QED) is 0.902. The first kappa shape index (κ1) is 15.5. The molecule has 3 rings (SSSR count). The largest absolute Gasteiger partial charge is 0.328 e. The Kier molecular flexibility index (Phi) is 4.65. The van der Waals surface area contributed by atoms with Crippen LogP contribution in [-0.2, 0) is 26.6 Å². The van der Waals surface area contributed by atoms with E-state index in [1.54, 1.807) is 11.6 Å². The van der Waals surface area contributed by atoms with Crippen LogP contribution in [0, 0.1) is 0 Å². The number of H-pyrrole nitrogens is 1. The lowest BCUT2D eigenvalue weighted by Crippen LogP contribution is -2.41. The molecule has 0 saturated carbocycles. The van der Waals surface area contributed by atoms with Crippen molar-refractivity contribution in [1.82, 2.24) is 14.5 Å². The third kappa shape index (κ3) is 3.09. The Morgan fingerprint density at radius 3 is 2.62 bits per heavy atom. The number of hydrogen-bond acceptors (Lipinski definition) is 3. The van der Waals surface area contributed by atoms with Crippen molar-refractivity contribution in [3.05, 3.63) is 68.0 Å². The van der Waals surface area contributed by atoms with Crippen molar-refractivity contribution in [2.24, 2.45) is 7.05 Å². The maximum absolute atomic E-state index is 11.9. The maximum atomic E-state index is 11.9. The van der Waals surface area contributed by atoms with Crippen LogP contribution in [0.4, 0.5) is 0 Å². The molecule has 1 N–H and O–H groups in total. The van der Waals surface area contributed by atoms with Crippen LogP contribution in [0.3, 0.4) is 0 Å². The molecule has 0 aliphatic carbocycles. The number of hydrogen-bond donors (Lipinski definition) is 1. The smallest absolute Gasteiger partial charge is 0.300 e. The molecule has 2 aromatic rings. The van der Waals surface area contributed by atoms with E-state index in [-0.39, 0.29) is 23.7 Å². The number of halogens is 1. The number of rotatable bonds is 2. The number of aromatic amines is 1. The van der Waals surface area contributed by atoms with Crippen molar-refractivity contribution in [3.8, 4) is 0 Å². The van der Waals surface area contributed by atoms with Crippen LogP contribution in [0.1, 0.15) is 16.8 Å². The first-order valence-corrected chi connectivity index (χ1v) is 6.72. The third-order valence-corrected chi connectivity index (χ3v) is 3.85. The van der Waals surface area contributed by atoms with Gasteiger partial charge in [0.25, 0.3) is 5.56 Å². The number of nitrogens with zero attached hydrogens (tertiary/aromatic N) is 2. The molecule has 0 amide bonds. The van der Waals surface area contributed by atoms with Crippen molar-refractivity contribution < 1.29 is 0 Å². The summed E-state index contributed by atoms with van der Waals surface area (Å²) < 4.78 is 1.55. The summed E-state index contributed by atoms with van der Waals surface area (Å²) in [5.74, 6) is 0. The van der Waals surface area contributed by atoms with E-state index >= 15 is 0 Å². The monoisotopic (exact) mass is 307 g/mol. The van der Waals surface area contributed by atoms with Crippen molar-refractivity contribution in [1.29, 1.82) is 0 Å². The van der Waals surface area contributed by atoms with Gasteiger partial charge in [0.2, 0.25) is 0 Å². The van der Waals surface area contributed by atoms with E-state index in [4.69, 9.17) is 0 Å². The molecule has 5 nitrogen and oxygen atoms in total. The number of aromatic nitrogens is 2. The number of fused-ring (bicyclic) bond motifs is 1. The SMILES string of the molecule is Cl.Cn1c2c(c(=O)[nH]c1=O)CN(Cc1ccccc1)CC2. The topological polar surface area (TPSA) is 58.1 Å². The predicted molar refractivity (Wildman–Crippen MR) is 83.8 cm³/mol. The number of nitrogens with one attached hydrogen (secondary N) is 1. The van der Waals surface area contributed by atoms with Gasteiger partial charge in [-0.15, -0.1) is 12.4 Å². The Morgan fingerprint density at radius 2 is 1.90 bits per heavy atom. The lowest BCUT2D eigenvalue weighted by atomic mass is 10.1. The fourth-order valence-corrected chi connectivity index (χ4v) is 2.74. The zero-order valence-corrected chi connectivity index (χ0v) is 12.7. The lowest BCUT2D eigenvalue weighted by Gasteiger charge is -2.28. The Bertz CT molecular complexity index is 737. The van der Waals surface area contributed by atoms with Crippen LogP contribution in [0.2, 0.25) is 0 Å². The molecule has 0 unspecified atom stereocenters. The molecule has 0 fully saturated rings. The Balaban J connectivity index is 0.00000161. The van der Waals surface area contributed by atoms with E-state index in [0.717, 1.165) is 25.2 Å². The fraction of sp³-hybridized carbons (Fsp3) is 0.333. The van der Waals surface area contributed by atoms with Gasteiger partial charge in [-0.05, 0) is 5.56 Å². The highest BCUT2D eigenvalue weighted by atomic mass is 35.5. The summed E-state index contributed by atoms with van der Waals surface area (Å²) in [6, 6.07) is 10.2. The van der Waals surface area contributed by atoms with E-state index < -0.39 is 0 Å².